The van der Waals surface area contributed by atoms with Crippen molar-refractivity contribution in [1.82, 2.24) is 9.97 Å². The molecular formula is C15H14N4O2S2. The van der Waals surface area contributed by atoms with Gasteiger partial charge < -0.3 is 15.8 Å². The van der Waals surface area contributed by atoms with Crippen molar-refractivity contribution in [1.29, 1.82) is 0 Å². The SMILES string of the molecule is COc1ncc(NCc2csc(-c3cccs3)n2)cc1C(N)=O. The molecule has 0 aromatic carbocycles. The van der Waals surface area contributed by atoms with Gasteiger partial charge in [-0.2, -0.15) is 0 Å². The molecule has 6 nitrogen and oxygen atoms in total. The number of aromatic nitrogens is 2. The third-order valence-electron chi connectivity index (χ3n) is 3.07. The Labute approximate surface area is 141 Å². The smallest absolute Gasteiger partial charge is 0.254 e. The molecule has 23 heavy (non-hydrogen) atoms. The molecule has 0 fully saturated rings. The van der Waals surface area contributed by atoms with Gasteiger partial charge in [-0.1, -0.05) is 6.07 Å². The number of carbonyl (C=O) groups is 1. The highest BCUT2D eigenvalue weighted by atomic mass is 32.1. The summed E-state index contributed by atoms with van der Waals surface area (Å²) in [6, 6.07) is 5.68. The number of primary amides is 1. The summed E-state index contributed by atoms with van der Waals surface area (Å²) < 4.78 is 5.02. The molecule has 3 N–H and O–H groups in total. The maximum absolute atomic E-state index is 11.4. The molecule has 0 radical (unpaired) electrons. The molecule has 0 aliphatic carbocycles. The Morgan fingerprint density at radius 2 is 2.30 bits per heavy atom. The quantitative estimate of drug-likeness (QED) is 0.716. The van der Waals surface area contributed by atoms with E-state index in [9.17, 15) is 4.79 Å². The Hall–Kier alpha value is -2.45. The van der Waals surface area contributed by atoms with Crippen LogP contribution in [0.4, 0.5) is 5.69 Å². The summed E-state index contributed by atoms with van der Waals surface area (Å²) in [5.41, 5.74) is 7.18. The van der Waals surface area contributed by atoms with E-state index in [1.165, 1.54) is 7.11 Å². The van der Waals surface area contributed by atoms with Gasteiger partial charge in [0.25, 0.3) is 5.91 Å². The molecule has 3 aromatic rings. The van der Waals surface area contributed by atoms with Gasteiger partial charge in [-0.3, -0.25) is 4.79 Å². The van der Waals surface area contributed by atoms with E-state index in [4.69, 9.17) is 10.5 Å². The van der Waals surface area contributed by atoms with Gasteiger partial charge in [0.1, 0.15) is 10.6 Å². The van der Waals surface area contributed by atoms with Crippen molar-refractivity contribution in [2.75, 3.05) is 12.4 Å². The van der Waals surface area contributed by atoms with Crippen LogP contribution in [0.2, 0.25) is 0 Å². The van der Waals surface area contributed by atoms with E-state index in [0.717, 1.165) is 15.6 Å². The van der Waals surface area contributed by atoms with E-state index in [1.54, 1.807) is 34.9 Å². The van der Waals surface area contributed by atoms with Gasteiger partial charge in [-0.15, -0.1) is 22.7 Å². The Kier molecular flexibility index (Phi) is 4.54. The summed E-state index contributed by atoms with van der Waals surface area (Å²) in [6.45, 7) is 0.536. The second-order valence-electron chi connectivity index (χ2n) is 4.62. The number of nitrogens with two attached hydrogens (primary N) is 1. The number of nitrogens with zero attached hydrogens (tertiary/aromatic N) is 2. The van der Waals surface area contributed by atoms with Crippen LogP contribution in [0, 0.1) is 0 Å². The second kappa shape index (κ2) is 6.76. The van der Waals surface area contributed by atoms with Crippen molar-refractivity contribution < 1.29 is 9.53 Å². The average molecular weight is 346 g/mol. The van der Waals surface area contributed by atoms with Gasteiger partial charge in [0.05, 0.1) is 36.1 Å². The number of hydrogen-bond donors (Lipinski definition) is 2. The molecular weight excluding hydrogens is 332 g/mol. The zero-order valence-electron chi connectivity index (χ0n) is 12.3. The molecule has 0 aliphatic rings. The maximum atomic E-state index is 11.4. The number of thiazole rings is 1. The normalized spacial score (nSPS) is 10.5. The van der Waals surface area contributed by atoms with Crippen molar-refractivity contribution in [3.63, 3.8) is 0 Å². The number of thiophene rings is 1. The summed E-state index contributed by atoms with van der Waals surface area (Å²) in [5.74, 6) is -0.358. The van der Waals surface area contributed by atoms with E-state index < -0.39 is 5.91 Å². The van der Waals surface area contributed by atoms with Crippen LogP contribution in [-0.2, 0) is 6.54 Å². The predicted octanol–water partition coefficient (Wildman–Crippen LogP) is 2.99. The number of methoxy groups -OCH3 is 1. The molecule has 8 heteroatoms. The van der Waals surface area contributed by atoms with Crippen LogP contribution in [-0.4, -0.2) is 23.0 Å². The Bertz CT molecular complexity index is 815. The standard InChI is InChI=1S/C15H14N4O2S2/c1-21-14-11(13(16)20)5-9(6-18-14)17-7-10-8-23-15(19-10)12-3-2-4-22-12/h2-6,8,17H,7H2,1H3,(H2,16,20). The minimum Gasteiger partial charge on any atom is -0.480 e. The first kappa shape index (κ1) is 15.4. The minimum atomic E-state index is -0.577. The number of ether oxygens (including phenoxy) is 1. The highest BCUT2D eigenvalue weighted by Gasteiger charge is 2.12. The Balaban J connectivity index is 1.71. The number of anilines is 1. The monoisotopic (exact) mass is 346 g/mol. The van der Waals surface area contributed by atoms with Crippen LogP contribution in [0.25, 0.3) is 9.88 Å². The third-order valence-corrected chi connectivity index (χ3v) is 5.00. The van der Waals surface area contributed by atoms with Gasteiger partial charge in [-0.05, 0) is 17.5 Å². The van der Waals surface area contributed by atoms with E-state index in [2.05, 4.69) is 15.3 Å². The van der Waals surface area contributed by atoms with Crippen molar-refractivity contribution in [2.24, 2.45) is 5.73 Å². The van der Waals surface area contributed by atoms with E-state index in [-0.39, 0.29) is 11.4 Å². The van der Waals surface area contributed by atoms with Crippen LogP contribution < -0.4 is 15.8 Å². The largest absolute Gasteiger partial charge is 0.480 e. The number of carbonyl (C=O) groups excluding carboxylic acids is 1. The first-order valence-electron chi connectivity index (χ1n) is 6.73. The molecule has 0 atom stereocenters. The van der Waals surface area contributed by atoms with Crippen LogP contribution in [0.1, 0.15) is 16.1 Å². The summed E-state index contributed by atoms with van der Waals surface area (Å²) in [6.07, 6.45) is 1.60. The number of rotatable bonds is 6. The molecule has 0 spiro atoms. The Morgan fingerprint density at radius 1 is 1.43 bits per heavy atom. The van der Waals surface area contributed by atoms with E-state index in [1.807, 2.05) is 22.9 Å². The van der Waals surface area contributed by atoms with Crippen LogP contribution >= 0.6 is 22.7 Å². The number of pyridine rings is 1. The highest BCUT2D eigenvalue weighted by Crippen LogP contribution is 2.28. The third kappa shape index (κ3) is 3.49. The topological polar surface area (TPSA) is 90.1 Å². The maximum Gasteiger partial charge on any atom is 0.254 e. The Morgan fingerprint density at radius 3 is 3.00 bits per heavy atom. The van der Waals surface area contributed by atoms with Crippen molar-refractivity contribution in [3.8, 4) is 15.8 Å². The lowest BCUT2D eigenvalue weighted by atomic mass is 10.2. The zero-order chi connectivity index (χ0) is 16.2. The molecule has 0 bridgehead atoms. The van der Waals surface area contributed by atoms with Crippen molar-refractivity contribution in [2.45, 2.75) is 6.54 Å². The van der Waals surface area contributed by atoms with Gasteiger partial charge in [0, 0.05) is 5.38 Å². The predicted molar refractivity (Wildman–Crippen MR) is 92.1 cm³/mol. The molecule has 0 unspecified atom stereocenters. The summed E-state index contributed by atoms with van der Waals surface area (Å²) in [7, 11) is 1.45. The van der Waals surface area contributed by atoms with E-state index >= 15 is 0 Å². The van der Waals surface area contributed by atoms with Gasteiger partial charge in [0.15, 0.2) is 0 Å². The van der Waals surface area contributed by atoms with E-state index in [0.29, 0.717) is 12.2 Å². The minimum absolute atomic E-state index is 0.219. The summed E-state index contributed by atoms with van der Waals surface area (Å²) >= 11 is 3.27. The lowest BCUT2D eigenvalue weighted by molar-refractivity contribution is 0.0996. The summed E-state index contributed by atoms with van der Waals surface area (Å²) in [4.78, 5) is 21.2. The lowest BCUT2D eigenvalue weighted by Crippen LogP contribution is -2.14. The molecule has 3 rings (SSSR count). The van der Waals surface area contributed by atoms with Crippen LogP contribution in [0.5, 0.6) is 5.88 Å². The number of nitrogens with one attached hydrogen (secondary N) is 1. The fourth-order valence-corrected chi connectivity index (χ4v) is 3.62. The molecule has 1 amide bonds. The molecule has 0 aliphatic heterocycles. The first-order chi connectivity index (χ1) is 11.2. The first-order valence-corrected chi connectivity index (χ1v) is 8.49. The van der Waals surface area contributed by atoms with Crippen molar-refractivity contribution in [3.05, 3.63) is 46.4 Å². The molecule has 3 aromatic heterocycles. The zero-order valence-corrected chi connectivity index (χ0v) is 13.9. The second-order valence-corrected chi connectivity index (χ2v) is 6.43. The fraction of sp³-hybridized carbons (Fsp3) is 0.133. The van der Waals surface area contributed by atoms with Crippen LogP contribution in [0.15, 0.2) is 35.2 Å². The lowest BCUT2D eigenvalue weighted by Gasteiger charge is -2.08. The molecule has 0 saturated carbocycles. The fourth-order valence-electron chi connectivity index (χ4n) is 1.98. The van der Waals surface area contributed by atoms with Gasteiger partial charge in [0.2, 0.25) is 5.88 Å². The number of hydrogen-bond acceptors (Lipinski definition) is 7. The van der Waals surface area contributed by atoms with Crippen LogP contribution in [0.3, 0.4) is 0 Å². The van der Waals surface area contributed by atoms with Gasteiger partial charge in [-0.25, -0.2) is 9.97 Å². The van der Waals surface area contributed by atoms with Crippen molar-refractivity contribution >= 4 is 34.3 Å². The molecule has 118 valence electrons. The summed E-state index contributed by atoms with van der Waals surface area (Å²) in [5, 5.41) is 8.23. The number of amides is 1. The highest BCUT2D eigenvalue weighted by molar-refractivity contribution is 7.20. The molecule has 0 saturated heterocycles. The van der Waals surface area contributed by atoms with Gasteiger partial charge >= 0.3 is 0 Å². The average Bonchev–Trinajstić information content (AvgIpc) is 3.23. The molecule has 3 heterocycles.